The number of thiazole rings is 1. The van der Waals surface area contributed by atoms with E-state index >= 15 is 0 Å². The molecule has 6 rings (SSSR count). The van der Waals surface area contributed by atoms with Gasteiger partial charge in [-0.15, -0.1) is 0 Å². The lowest BCUT2D eigenvalue weighted by Crippen LogP contribution is -2.39. The third-order valence-electron chi connectivity index (χ3n) is 7.93. The molecule has 0 bridgehead atoms. The molecule has 250 valence electrons. The maximum absolute atomic E-state index is 14.2. The lowest BCUT2D eigenvalue weighted by Gasteiger charge is -2.25. The van der Waals surface area contributed by atoms with Gasteiger partial charge in [0, 0.05) is 11.1 Å². The zero-order valence-corrected chi connectivity index (χ0v) is 28.5. The summed E-state index contributed by atoms with van der Waals surface area (Å²) in [5, 5.41) is 0. The van der Waals surface area contributed by atoms with Gasteiger partial charge >= 0.3 is 5.97 Å². The first-order valence-corrected chi connectivity index (χ1v) is 16.7. The number of hydrogen-bond acceptors (Lipinski definition) is 9. The molecule has 1 atom stereocenters. The molecule has 0 fully saturated rings. The Morgan fingerprint density at radius 1 is 0.837 bits per heavy atom. The molecule has 0 radical (unpaired) electrons. The van der Waals surface area contributed by atoms with Crippen molar-refractivity contribution in [3.05, 3.63) is 145 Å². The molecule has 0 N–H and O–H groups in total. The van der Waals surface area contributed by atoms with Crippen LogP contribution in [-0.4, -0.2) is 38.0 Å². The van der Waals surface area contributed by atoms with Gasteiger partial charge in [-0.1, -0.05) is 78.1 Å². The topological polar surface area (TPSA) is 97.6 Å². The molecule has 0 saturated carbocycles. The maximum Gasteiger partial charge on any atom is 0.338 e. The summed E-state index contributed by atoms with van der Waals surface area (Å²) in [6.07, 6.45) is 1.81. The third-order valence-corrected chi connectivity index (χ3v) is 8.91. The molecule has 0 saturated heterocycles. The number of carbonyl (C=O) groups is 1. The van der Waals surface area contributed by atoms with Crippen LogP contribution in [0.15, 0.2) is 112 Å². The molecular weight excluding hydrogens is 641 g/mol. The van der Waals surface area contributed by atoms with Crippen LogP contribution >= 0.6 is 11.3 Å². The van der Waals surface area contributed by atoms with Crippen molar-refractivity contribution in [2.45, 2.75) is 26.5 Å². The SMILES string of the molecule is CCOC(=O)C1=C(c2ccccc2)N=c2s/c(=C\c3ccc(OCc4cc(OC)ccc4OC)c(OCC)c3)c(=O)n2[C@@H]1c1ccccc1. The largest absolute Gasteiger partial charge is 0.497 e. The van der Waals surface area contributed by atoms with Crippen molar-refractivity contribution in [3.63, 3.8) is 0 Å². The number of fused-ring (bicyclic) bond motifs is 1. The number of benzene rings is 4. The van der Waals surface area contributed by atoms with Crippen molar-refractivity contribution in [3.8, 4) is 23.0 Å². The van der Waals surface area contributed by atoms with Crippen molar-refractivity contribution in [1.82, 2.24) is 4.57 Å². The number of aromatic nitrogens is 1. The predicted molar refractivity (Wildman–Crippen MR) is 189 cm³/mol. The molecule has 2 heterocycles. The van der Waals surface area contributed by atoms with Crippen LogP contribution in [0.2, 0.25) is 0 Å². The fourth-order valence-electron chi connectivity index (χ4n) is 5.69. The predicted octanol–water partition coefficient (Wildman–Crippen LogP) is 5.93. The number of nitrogens with zero attached hydrogens (tertiary/aromatic N) is 2. The van der Waals surface area contributed by atoms with Crippen LogP contribution in [0.1, 0.15) is 42.1 Å². The van der Waals surface area contributed by atoms with Gasteiger partial charge in [0.2, 0.25) is 0 Å². The van der Waals surface area contributed by atoms with Crippen molar-refractivity contribution in [2.75, 3.05) is 27.4 Å². The fraction of sp³-hybridized carbons (Fsp3) is 0.205. The highest BCUT2D eigenvalue weighted by atomic mass is 32.1. The second kappa shape index (κ2) is 15.1. The van der Waals surface area contributed by atoms with Gasteiger partial charge in [-0.05, 0) is 61.4 Å². The van der Waals surface area contributed by atoms with E-state index in [0.717, 1.165) is 22.3 Å². The van der Waals surface area contributed by atoms with Crippen LogP contribution in [0.3, 0.4) is 0 Å². The second-order valence-corrected chi connectivity index (χ2v) is 12.0. The van der Waals surface area contributed by atoms with Crippen molar-refractivity contribution in [2.24, 2.45) is 4.99 Å². The van der Waals surface area contributed by atoms with Gasteiger partial charge in [0.1, 0.15) is 18.1 Å². The summed E-state index contributed by atoms with van der Waals surface area (Å²) < 4.78 is 30.6. The number of esters is 1. The minimum Gasteiger partial charge on any atom is -0.497 e. The Morgan fingerprint density at radius 3 is 2.27 bits per heavy atom. The molecule has 5 aromatic rings. The highest BCUT2D eigenvalue weighted by Crippen LogP contribution is 2.35. The van der Waals surface area contributed by atoms with Gasteiger partial charge in [0.15, 0.2) is 16.3 Å². The Bertz CT molecular complexity index is 2170. The molecule has 4 aromatic carbocycles. The Hall–Kier alpha value is -5.61. The van der Waals surface area contributed by atoms with Gasteiger partial charge in [0.25, 0.3) is 5.56 Å². The van der Waals surface area contributed by atoms with Gasteiger partial charge in [-0.3, -0.25) is 9.36 Å². The number of methoxy groups -OCH3 is 2. The second-order valence-electron chi connectivity index (χ2n) is 10.9. The van der Waals surface area contributed by atoms with Crippen molar-refractivity contribution >= 4 is 29.1 Å². The molecule has 0 amide bonds. The van der Waals surface area contributed by atoms with Crippen LogP contribution in [-0.2, 0) is 16.1 Å². The van der Waals surface area contributed by atoms with Gasteiger partial charge in [0.05, 0.1) is 49.3 Å². The Labute approximate surface area is 288 Å². The van der Waals surface area contributed by atoms with E-state index in [9.17, 15) is 9.59 Å². The summed E-state index contributed by atoms with van der Waals surface area (Å²) in [7, 11) is 3.22. The Balaban J connectivity index is 1.44. The molecule has 49 heavy (non-hydrogen) atoms. The van der Waals surface area contributed by atoms with E-state index in [1.807, 2.05) is 104 Å². The average Bonchev–Trinajstić information content (AvgIpc) is 3.45. The summed E-state index contributed by atoms with van der Waals surface area (Å²) >= 11 is 1.26. The van der Waals surface area contributed by atoms with E-state index in [1.165, 1.54) is 11.3 Å². The van der Waals surface area contributed by atoms with Crippen LogP contribution in [0.5, 0.6) is 23.0 Å². The number of ether oxygens (including phenoxy) is 5. The standard InChI is InChI=1S/C39H36N2O7S/c1-5-46-32-21-25(17-19-31(32)48-24-28-23-29(44-3)18-20-30(28)45-4)22-33-37(42)41-36(27-15-11-8-12-16-27)34(38(43)47-6-2)35(40-39(41)49-33)26-13-9-7-10-14-26/h7-23,36H,5-6,24H2,1-4H3/b33-22-/t36-/m1/s1. The van der Waals surface area contributed by atoms with E-state index < -0.39 is 12.0 Å². The first-order valence-electron chi connectivity index (χ1n) is 15.9. The molecule has 0 aliphatic carbocycles. The maximum atomic E-state index is 14.2. The normalized spacial score (nSPS) is 14.1. The van der Waals surface area contributed by atoms with Gasteiger partial charge in [-0.2, -0.15) is 0 Å². The fourth-order valence-corrected chi connectivity index (χ4v) is 6.70. The Morgan fingerprint density at radius 2 is 1.57 bits per heavy atom. The smallest absolute Gasteiger partial charge is 0.338 e. The molecule has 10 heteroatoms. The van der Waals surface area contributed by atoms with E-state index in [0.29, 0.717) is 50.2 Å². The van der Waals surface area contributed by atoms with Crippen molar-refractivity contribution in [1.29, 1.82) is 0 Å². The molecule has 1 aliphatic rings. The zero-order chi connectivity index (χ0) is 34.3. The summed E-state index contributed by atoms with van der Waals surface area (Å²) in [6, 6.07) is 29.3. The molecule has 1 aliphatic heterocycles. The van der Waals surface area contributed by atoms with E-state index in [4.69, 9.17) is 28.7 Å². The van der Waals surface area contributed by atoms with Crippen molar-refractivity contribution < 1.29 is 28.5 Å². The summed E-state index contributed by atoms with van der Waals surface area (Å²) in [5.41, 5.74) is 3.61. The Kier molecular flexibility index (Phi) is 10.2. The minimum atomic E-state index is -0.739. The van der Waals surface area contributed by atoms with Crippen LogP contribution in [0.25, 0.3) is 11.8 Å². The highest BCUT2D eigenvalue weighted by Gasteiger charge is 2.35. The molecule has 0 spiro atoms. The lowest BCUT2D eigenvalue weighted by atomic mass is 9.93. The van der Waals surface area contributed by atoms with Gasteiger partial charge < -0.3 is 23.7 Å². The zero-order valence-electron chi connectivity index (χ0n) is 27.7. The highest BCUT2D eigenvalue weighted by molar-refractivity contribution is 7.07. The number of carbonyl (C=O) groups excluding carboxylic acids is 1. The summed E-state index contributed by atoms with van der Waals surface area (Å²) in [5.74, 6) is 1.93. The lowest BCUT2D eigenvalue weighted by molar-refractivity contribution is -0.138. The summed E-state index contributed by atoms with van der Waals surface area (Å²) in [4.78, 5) is 33.3. The van der Waals surface area contributed by atoms with Crippen LogP contribution in [0.4, 0.5) is 0 Å². The first-order chi connectivity index (χ1) is 23.9. The van der Waals surface area contributed by atoms with Crippen LogP contribution < -0.4 is 33.8 Å². The first kappa shape index (κ1) is 33.3. The van der Waals surface area contributed by atoms with E-state index in [2.05, 4.69) is 0 Å². The third kappa shape index (κ3) is 7.00. The van der Waals surface area contributed by atoms with E-state index in [-0.39, 0.29) is 18.8 Å². The molecule has 9 nitrogen and oxygen atoms in total. The minimum absolute atomic E-state index is 0.186. The van der Waals surface area contributed by atoms with Crippen LogP contribution in [0, 0.1) is 0 Å². The van der Waals surface area contributed by atoms with Gasteiger partial charge in [-0.25, -0.2) is 9.79 Å². The molecular formula is C39H36N2O7S. The monoisotopic (exact) mass is 676 g/mol. The van der Waals surface area contributed by atoms with E-state index in [1.54, 1.807) is 31.8 Å². The number of rotatable bonds is 12. The average molecular weight is 677 g/mol. The molecule has 0 unspecified atom stereocenters. The summed E-state index contributed by atoms with van der Waals surface area (Å²) in [6.45, 7) is 4.49. The molecule has 1 aromatic heterocycles. The number of hydrogen-bond donors (Lipinski definition) is 0. The quantitative estimate of drug-likeness (QED) is 0.151.